The molecule has 0 spiro atoms. The van der Waals surface area contributed by atoms with Crippen LogP contribution in [0.1, 0.15) is 44.2 Å². The van der Waals surface area contributed by atoms with Gasteiger partial charge in [-0.25, -0.2) is 0 Å². The van der Waals surface area contributed by atoms with E-state index in [1.807, 2.05) is 12.1 Å². The van der Waals surface area contributed by atoms with Gasteiger partial charge in [0.2, 0.25) is 0 Å². The van der Waals surface area contributed by atoms with Crippen molar-refractivity contribution >= 4 is 0 Å². The smallest absolute Gasteiger partial charge is 0.119 e. The standard InChI is InChI=1S/C17H28N2O2/c1-2-9-21-15-7-3-5-13(10-15)17(11-18)19-16-8-4-6-14(16)12-20/h3,5,7,10,14,16-17,19-20H,2,4,6,8-9,11-12,18H2,1H3. The summed E-state index contributed by atoms with van der Waals surface area (Å²) in [7, 11) is 0. The summed E-state index contributed by atoms with van der Waals surface area (Å²) >= 11 is 0. The molecular weight excluding hydrogens is 264 g/mol. The average molecular weight is 292 g/mol. The monoisotopic (exact) mass is 292 g/mol. The molecule has 1 saturated carbocycles. The second kappa shape index (κ2) is 8.37. The summed E-state index contributed by atoms with van der Waals surface area (Å²) < 4.78 is 5.69. The third-order valence-corrected chi connectivity index (χ3v) is 4.28. The summed E-state index contributed by atoms with van der Waals surface area (Å²) in [6.45, 7) is 3.64. The topological polar surface area (TPSA) is 67.5 Å². The van der Waals surface area contributed by atoms with Gasteiger partial charge in [-0.3, -0.25) is 0 Å². The average Bonchev–Trinajstić information content (AvgIpc) is 2.98. The maximum atomic E-state index is 9.44. The minimum absolute atomic E-state index is 0.118. The predicted octanol–water partition coefficient (Wildman–Crippen LogP) is 2.23. The zero-order valence-electron chi connectivity index (χ0n) is 12.9. The van der Waals surface area contributed by atoms with Crippen LogP contribution in [0.4, 0.5) is 0 Å². The Labute approximate surface area is 127 Å². The molecule has 2 rings (SSSR count). The highest BCUT2D eigenvalue weighted by molar-refractivity contribution is 5.31. The molecule has 21 heavy (non-hydrogen) atoms. The summed E-state index contributed by atoms with van der Waals surface area (Å²) in [6.07, 6.45) is 4.40. The molecule has 4 N–H and O–H groups in total. The Morgan fingerprint density at radius 3 is 3.00 bits per heavy atom. The molecule has 118 valence electrons. The van der Waals surface area contributed by atoms with Crippen LogP contribution >= 0.6 is 0 Å². The zero-order valence-corrected chi connectivity index (χ0v) is 12.9. The molecule has 0 heterocycles. The van der Waals surface area contributed by atoms with Crippen LogP contribution in [0.3, 0.4) is 0 Å². The molecule has 0 aliphatic heterocycles. The predicted molar refractivity (Wildman–Crippen MR) is 85.4 cm³/mol. The van der Waals surface area contributed by atoms with Crippen LogP contribution in [0.5, 0.6) is 5.75 Å². The highest BCUT2D eigenvalue weighted by atomic mass is 16.5. The molecule has 0 radical (unpaired) electrons. The van der Waals surface area contributed by atoms with Crippen molar-refractivity contribution in [2.45, 2.75) is 44.7 Å². The lowest BCUT2D eigenvalue weighted by Crippen LogP contribution is -2.39. The Morgan fingerprint density at radius 2 is 2.29 bits per heavy atom. The second-order valence-corrected chi connectivity index (χ2v) is 5.86. The van der Waals surface area contributed by atoms with Crippen LogP contribution in [-0.2, 0) is 0 Å². The molecule has 4 heteroatoms. The lowest BCUT2D eigenvalue weighted by Gasteiger charge is -2.26. The van der Waals surface area contributed by atoms with Crippen LogP contribution < -0.4 is 15.8 Å². The number of aliphatic hydroxyl groups excluding tert-OH is 1. The van der Waals surface area contributed by atoms with Gasteiger partial charge >= 0.3 is 0 Å². The molecule has 0 saturated heterocycles. The molecule has 1 fully saturated rings. The van der Waals surface area contributed by atoms with E-state index in [1.165, 1.54) is 6.42 Å². The van der Waals surface area contributed by atoms with E-state index in [1.54, 1.807) is 0 Å². The molecular formula is C17H28N2O2. The van der Waals surface area contributed by atoms with Gasteiger partial charge in [0.15, 0.2) is 0 Å². The summed E-state index contributed by atoms with van der Waals surface area (Å²) in [5.74, 6) is 1.26. The molecule has 1 aliphatic carbocycles. The molecule has 0 aromatic heterocycles. The van der Waals surface area contributed by atoms with Gasteiger partial charge in [0.1, 0.15) is 5.75 Å². The van der Waals surface area contributed by atoms with Crippen molar-refractivity contribution in [1.29, 1.82) is 0 Å². The van der Waals surface area contributed by atoms with Gasteiger partial charge < -0.3 is 20.9 Å². The van der Waals surface area contributed by atoms with Crippen molar-refractivity contribution < 1.29 is 9.84 Å². The van der Waals surface area contributed by atoms with E-state index in [4.69, 9.17) is 10.5 Å². The first-order chi connectivity index (χ1) is 10.3. The van der Waals surface area contributed by atoms with Crippen LogP contribution in [-0.4, -0.2) is 30.9 Å². The van der Waals surface area contributed by atoms with E-state index in [-0.39, 0.29) is 12.6 Å². The van der Waals surface area contributed by atoms with Gasteiger partial charge in [-0.15, -0.1) is 0 Å². The number of hydrogen-bond donors (Lipinski definition) is 3. The maximum absolute atomic E-state index is 9.44. The number of rotatable bonds is 8. The number of ether oxygens (including phenoxy) is 1. The first kappa shape index (κ1) is 16.3. The summed E-state index contributed by atoms with van der Waals surface area (Å²) in [4.78, 5) is 0. The van der Waals surface area contributed by atoms with E-state index in [9.17, 15) is 5.11 Å². The molecule has 1 aromatic rings. The fraction of sp³-hybridized carbons (Fsp3) is 0.647. The largest absolute Gasteiger partial charge is 0.494 e. The summed E-state index contributed by atoms with van der Waals surface area (Å²) in [5.41, 5.74) is 7.12. The van der Waals surface area contributed by atoms with Gasteiger partial charge in [0.25, 0.3) is 0 Å². The Kier molecular flexibility index (Phi) is 6.49. The van der Waals surface area contributed by atoms with Crippen molar-refractivity contribution in [2.75, 3.05) is 19.8 Å². The van der Waals surface area contributed by atoms with E-state index < -0.39 is 0 Å². The van der Waals surface area contributed by atoms with Gasteiger partial charge in [-0.1, -0.05) is 25.5 Å². The van der Waals surface area contributed by atoms with Crippen LogP contribution in [0.25, 0.3) is 0 Å². The fourth-order valence-corrected chi connectivity index (χ4v) is 3.07. The minimum Gasteiger partial charge on any atom is -0.494 e. The van der Waals surface area contributed by atoms with Crippen molar-refractivity contribution in [2.24, 2.45) is 11.7 Å². The van der Waals surface area contributed by atoms with E-state index in [2.05, 4.69) is 24.4 Å². The number of nitrogens with one attached hydrogen (secondary N) is 1. The van der Waals surface area contributed by atoms with Gasteiger partial charge in [0.05, 0.1) is 6.61 Å². The molecule has 1 aromatic carbocycles. The molecule has 3 atom stereocenters. The fourth-order valence-electron chi connectivity index (χ4n) is 3.07. The van der Waals surface area contributed by atoms with Gasteiger partial charge in [-0.2, -0.15) is 0 Å². The molecule has 1 aliphatic rings. The quantitative estimate of drug-likeness (QED) is 0.687. The SMILES string of the molecule is CCCOc1cccc(C(CN)NC2CCCC2CO)c1. The first-order valence-electron chi connectivity index (χ1n) is 8.08. The third kappa shape index (κ3) is 4.43. The normalized spacial score (nSPS) is 23.2. The molecule has 0 amide bonds. The third-order valence-electron chi connectivity index (χ3n) is 4.28. The maximum Gasteiger partial charge on any atom is 0.119 e. The van der Waals surface area contributed by atoms with Crippen LogP contribution in [0.2, 0.25) is 0 Å². The summed E-state index contributed by atoms with van der Waals surface area (Å²) in [6, 6.07) is 8.65. The molecule has 4 nitrogen and oxygen atoms in total. The minimum atomic E-state index is 0.118. The summed E-state index contributed by atoms with van der Waals surface area (Å²) in [5, 5.41) is 13.1. The van der Waals surface area contributed by atoms with Crippen LogP contribution in [0.15, 0.2) is 24.3 Å². The van der Waals surface area contributed by atoms with Crippen molar-refractivity contribution in [1.82, 2.24) is 5.32 Å². The zero-order chi connectivity index (χ0) is 15.1. The Balaban J connectivity index is 2.02. The van der Waals surface area contributed by atoms with Gasteiger partial charge in [-0.05, 0) is 42.9 Å². The molecule has 0 bridgehead atoms. The highest BCUT2D eigenvalue weighted by Gasteiger charge is 2.28. The number of nitrogens with two attached hydrogens (primary N) is 1. The van der Waals surface area contributed by atoms with Gasteiger partial charge in [0, 0.05) is 25.2 Å². The number of aliphatic hydroxyl groups is 1. The van der Waals surface area contributed by atoms with E-state index in [0.717, 1.165) is 37.2 Å². The highest BCUT2D eigenvalue weighted by Crippen LogP contribution is 2.28. The number of hydrogen-bond acceptors (Lipinski definition) is 4. The Hall–Kier alpha value is -1.10. The van der Waals surface area contributed by atoms with Crippen molar-refractivity contribution in [3.05, 3.63) is 29.8 Å². The van der Waals surface area contributed by atoms with Crippen LogP contribution in [0, 0.1) is 5.92 Å². The van der Waals surface area contributed by atoms with Crippen molar-refractivity contribution in [3.8, 4) is 5.75 Å². The Morgan fingerprint density at radius 1 is 1.43 bits per heavy atom. The Bertz CT molecular complexity index is 425. The lowest BCUT2D eigenvalue weighted by atomic mass is 10.0. The lowest BCUT2D eigenvalue weighted by molar-refractivity contribution is 0.199. The van der Waals surface area contributed by atoms with E-state index in [0.29, 0.717) is 18.5 Å². The second-order valence-electron chi connectivity index (χ2n) is 5.86. The first-order valence-corrected chi connectivity index (χ1v) is 8.08. The van der Waals surface area contributed by atoms with E-state index >= 15 is 0 Å². The molecule has 3 unspecified atom stereocenters. The van der Waals surface area contributed by atoms with Crippen molar-refractivity contribution in [3.63, 3.8) is 0 Å². The number of benzene rings is 1.